The van der Waals surface area contributed by atoms with Crippen molar-refractivity contribution in [2.24, 2.45) is 0 Å². The van der Waals surface area contributed by atoms with Crippen LogP contribution in [0.4, 0.5) is 0 Å². The lowest BCUT2D eigenvalue weighted by Crippen LogP contribution is -2.24. The van der Waals surface area contributed by atoms with Gasteiger partial charge in [0.2, 0.25) is 0 Å². The maximum absolute atomic E-state index is 3.84. The Morgan fingerprint density at radius 3 is 2.18 bits per heavy atom. The fourth-order valence-corrected chi connectivity index (χ4v) is 2.20. The van der Waals surface area contributed by atoms with Crippen LogP contribution in [-0.2, 0) is 0 Å². The van der Waals surface area contributed by atoms with E-state index in [0.29, 0.717) is 6.04 Å². The maximum atomic E-state index is 3.84. The molecule has 1 N–H and O–H groups in total. The highest BCUT2D eigenvalue weighted by Gasteiger charge is 2.22. The van der Waals surface area contributed by atoms with E-state index < -0.39 is 0 Å². The summed E-state index contributed by atoms with van der Waals surface area (Å²) in [4.78, 5) is 0. The molecule has 0 aromatic carbocycles. The van der Waals surface area contributed by atoms with Crippen molar-refractivity contribution in [3.05, 3.63) is 72.5 Å². The fraction of sp³-hybridized carbons (Fsp3) is 0.400. The molecule has 2 unspecified atom stereocenters. The zero-order valence-corrected chi connectivity index (χ0v) is 16.2. The lowest BCUT2D eigenvalue weighted by molar-refractivity contribution is 0.614. The van der Waals surface area contributed by atoms with Gasteiger partial charge in [0.1, 0.15) is 0 Å². The smallest absolute Gasteiger partial charge is 0.0342 e. The molecule has 0 aliphatic heterocycles. The number of hydrogen-bond donors (Lipinski definition) is 1. The summed E-state index contributed by atoms with van der Waals surface area (Å²) in [6.07, 6.45) is 16.2. The predicted molar refractivity (Wildman–Crippen MR) is 108 cm³/mol. The summed E-state index contributed by atoms with van der Waals surface area (Å²) in [5.74, 6) is 0. The third-order valence-electron chi connectivity index (χ3n) is 3.07. The van der Waals surface area contributed by atoms with E-state index in [1.807, 2.05) is 51.7 Å². The standard InChI is InChI=1S/C17H23N.C2H6.CH5P/c1-5-9-11-16(8-4)18-17-12-14(7-3)15(13-17)10-6-2;2*1-2/h5-11,17-18H,2,4,12-13H2,1,3H3;1-2H3;2H2,1H3/b9-5-,14-7-,15-10-,16-11+;;. The van der Waals surface area contributed by atoms with Crippen LogP contribution >= 0.6 is 9.24 Å². The van der Waals surface area contributed by atoms with Crippen molar-refractivity contribution in [1.82, 2.24) is 5.32 Å². The van der Waals surface area contributed by atoms with E-state index in [9.17, 15) is 0 Å². The summed E-state index contributed by atoms with van der Waals surface area (Å²) < 4.78 is 0. The van der Waals surface area contributed by atoms with Crippen LogP contribution in [-0.4, -0.2) is 12.7 Å². The lowest BCUT2D eigenvalue weighted by atomic mass is 10.1. The van der Waals surface area contributed by atoms with Crippen molar-refractivity contribution < 1.29 is 0 Å². The quantitative estimate of drug-likeness (QED) is 0.487. The topological polar surface area (TPSA) is 12.0 Å². The predicted octanol–water partition coefficient (Wildman–Crippen LogP) is 5.96. The van der Waals surface area contributed by atoms with Gasteiger partial charge in [-0.1, -0.05) is 64.1 Å². The zero-order valence-electron chi connectivity index (χ0n) is 15.0. The van der Waals surface area contributed by atoms with Crippen LogP contribution in [0, 0.1) is 0 Å². The van der Waals surface area contributed by atoms with E-state index in [0.717, 1.165) is 18.5 Å². The highest BCUT2D eigenvalue weighted by molar-refractivity contribution is 7.15. The van der Waals surface area contributed by atoms with Gasteiger partial charge in [-0.3, -0.25) is 0 Å². The molecule has 2 atom stereocenters. The Bertz CT molecular complexity index is 425. The van der Waals surface area contributed by atoms with Crippen molar-refractivity contribution in [1.29, 1.82) is 0 Å². The Balaban J connectivity index is 0. The Kier molecular flexibility index (Phi) is 16.7. The van der Waals surface area contributed by atoms with Crippen molar-refractivity contribution in [3.63, 3.8) is 0 Å². The van der Waals surface area contributed by atoms with Crippen molar-refractivity contribution in [2.75, 3.05) is 6.66 Å². The molecule has 1 aliphatic rings. The van der Waals surface area contributed by atoms with Gasteiger partial charge < -0.3 is 5.32 Å². The maximum Gasteiger partial charge on any atom is 0.0342 e. The van der Waals surface area contributed by atoms with Crippen molar-refractivity contribution >= 4 is 9.24 Å². The molecule has 1 rings (SSSR count). The van der Waals surface area contributed by atoms with Crippen LogP contribution in [0.1, 0.15) is 40.5 Å². The normalized spacial score (nSPS) is 21.0. The van der Waals surface area contributed by atoms with E-state index in [4.69, 9.17) is 0 Å². The fourth-order valence-electron chi connectivity index (χ4n) is 2.20. The minimum Gasteiger partial charge on any atom is -0.382 e. The molecule has 1 nitrogen and oxygen atoms in total. The van der Waals surface area contributed by atoms with E-state index in [1.165, 1.54) is 11.1 Å². The van der Waals surface area contributed by atoms with Crippen LogP contribution < -0.4 is 5.32 Å². The third kappa shape index (κ3) is 8.85. The second-order valence-corrected chi connectivity index (χ2v) is 4.34. The molecule has 1 fully saturated rings. The van der Waals surface area contributed by atoms with Gasteiger partial charge in [-0.2, -0.15) is 0 Å². The molecular formula is C20H34NP. The summed E-state index contributed by atoms with van der Waals surface area (Å²) >= 11 is 0. The molecule has 0 bridgehead atoms. The van der Waals surface area contributed by atoms with Gasteiger partial charge in [-0.05, 0) is 50.0 Å². The van der Waals surface area contributed by atoms with E-state index in [2.05, 4.69) is 52.9 Å². The van der Waals surface area contributed by atoms with Gasteiger partial charge in [-0.25, -0.2) is 0 Å². The Hall–Kier alpha value is -1.33. The first kappa shape index (κ1) is 22.9. The van der Waals surface area contributed by atoms with Gasteiger partial charge in [0.25, 0.3) is 0 Å². The van der Waals surface area contributed by atoms with Crippen LogP contribution in [0.5, 0.6) is 0 Å². The third-order valence-corrected chi connectivity index (χ3v) is 3.07. The van der Waals surface area contributed by atoms with Gasteiger partial charge in [0.15, 0.2) is 0 Å². The summed E-state index contributed by atoms with van der Waals surface area (Å²) in [5.41, 5.74) is 3.88. The van der Waals surface area contributed by atoms with Crippen LogP contribution in [0.2, 0.25) is 0 Å². The average molecular weight is 319 g/mol. The molecule has 0 heterocycles. The first-order valence-corrected chi connectivity index (χ1v) is 9.17. The van der Waals surface area contributed by atoms with E-state index >= 15 is 0 Å². The number of nitrogens with one attached hydrogen (secondary N) is 1. The molecular weight excluding hydrogens is 285 g/mol. The summed E-state index contributed by atoms with van der Waals surface area (Å²) in [6.45, 7) is 17.6. The molecule has 0 saturated heterocycles. The molecule has 22 heavy (non-hydrogen) atoms. The van der Waals surface area contributed by atoms with Crippen LogP contribution in [0.3, 0.4) is 0 Å². The summed E-state index contributed by atoms with van der Waals surface area (Å²) in [6, 6.07) is 0.455. The second-order valence-electron chi connectivity index (χ2n) is 4.34. The number of allylic oxidation sites excluding steroid dienone is 7. The Morgan fingerprint density at radius 2 is 1.73 bits per heavy atom. The monoisotopic (exact) mass is 319 g/mol. The highest BCUT2D eigenvalue weighted by atomic mass is 31.0. The molecule has 2 heteroatoms. The molecule has 0 amide bonds. The number of rotatable bonds is 5. The SMILES string of the molecule is C=C/C=C1/CC(N/C(C=C)=C/C=C\C)C/C1=C/C.CC.CP. The van der Waals surface area contributed by atoms with Crippen molar-refractivity contribution in [2.45, 2.75) is 46.6 Å². The highest BCUT2D eigenvalue weighted by Crippen LogP contribution is 2.31. The molecule has 0 spiro atoms. The summed E-state index contributed by atoms with van der Waals surface area (Å²) in [7, 11) is 2.42. The largest absolute Gasteiger partial charge is 0.382 e. The molecule has 0 radical (unpaired) electrons. The lowest BCUT2D eigenvalue weighted by Gasteiger charge is -2.13. The minimum absolute atomic E-state index is 0.455. The van der Waals surface area contributed by atoms with Gasteiger partial charge in [0.05, 0.1) is 0 Å². The molecule has 124 valence electrons. The Morgan fingerprint density at radius 1 is 1.14 bits per heavy atom. The molecule has 0 aromatic heterocycles. The van der Waals surface area contributed by atoms with Gasteiger partial charge in [0, 0.05) is 11.7 Å². The van der Waals surface area contributed by atoms with E-state index in [-0.39, 0.29) is 0 Å². The average Bonchev–Trinajstić information content (AvgIpc) is 2.97. The van der Waals surface area contributed by atoms with Gasteiger partial charge in [-0.15, -0.1) is 9.24 Å². The van der Waals surface area contributed by atoms with Gasteiger partial charge >= 0.3 is 0 Å². The van der Waals surface area contributed by atoms with Crippen LogP contribution in [0.15, 0.2) is 72.5 Å². The zero-order chi connectivity index (χ0) is 17.4. The molecule has 0 aromatic rings. The second kappa shape index (κ2) is 16.0. The van der Waals surface area contributed by atoms with Crippen molar-refractivity contribution in [3.8, 4) is 0 Å². The van der Waals surface area contributed by atoms with E-state index in [1.54, 1.807) is 0 Å². The van der Waals surface area contributed by atoms with Crippen LogP contribution in [0.25, 0.3) is 0 Å². The summed E-state index contributed by atoms with van der Waals surface area (Å²) in [5, 5.41) is 3.53. The molecule has 1 saturated carbocycles. The minimum atomic E-state index is 0.455. The first-order valence-electron chi connectivity index (χ1n) is 8.02. The number of hydrogen-bond acceptors (Lipinski definition) is 1. The first-order chi connectivity index (χ1) is 10.7. The Labute approximate surface area is 140 Å². The molecule has 1 aliphatic carbocycles.